The third-order valence-electron chi connectivity index (χ3n) is 2.35. The molecule has 5 nitrogen and oxygen atoms in total. The normalized spacial score (nSPS) is 11.6. The molecular formula is C13H13BrN2O3. The number of hydrogen-bond acceptors (Lipinski definition) is 4. The Balaban J connectivity index is 2.57. The lowest BCUT2D eigenvalue weighted by atomic mass is 10.2. The van der Waals surface area contributed by atoms with Crippen molar-refractivity contribution in [2.24, 2.45) is 0 Å². The Morgan fingerprint density at radius 3 is 2.68 bits per heavy atom. The van der Waals surface area contributed by atoms with E-state index < -0.39 is 11.7 Å². The van der Waals surface area contributed by atoms with Crippen LogP contribution in [0.25, 0.3) is 10.9 Å². The van der Waals surface area contributed by atoms with Crippen LogP contribution < -0.4 is 0 Å². The number of hydrogen-bond donors (Lipinski definition) is 0. The third-order valence-corrected chi connectivity index (χ3v) is 2.84. The summed E-state index contributed by atoms with van der Waals surface area (Å²) in [4.78, 5) is 23.0. The molecule has 1 aromatic heterocycles. The second-order valence-corrected chi connectivity index (χ2v) is 5.97. The minimum Gasteiger partial charge on any atom is -0.442 e. The molecule has 0 bridgehead atoms. The Hall–Kier alpha value is -1.69. The summed E-state index contributed by atoms with van der Waals surface area (Å²) in [7, 11) is 0. The maximum atomic E-state index is 12.1. The highest BCUT2D eigenvalue weighted by atomic mass is 79.9. The number of carbonyl (C=O) groups is 2. The van der Waals surface area contributed by atoms with E-state index in [0.717, 1.165) is 9.15 Å². The Kier molecular flexibility index (Phi) is 3.45. The van der Waals surface area contributed by atoms with Gasteiger partial charge in [0.1, 0.15) is 11.3 Å². The van der Waals surface area contributed by atoms with Crippen LogP contribution in [-0.4, -0.2) is 27.8 Å². The molecule has 1 heterocycles. The number of carbonyl (C=O) groups excluding carboxylic acids is 2. The van der Waals surface area contributed by atoms with Gasteiger partial charge in [-0.15, -0.1) is 0 Å². The number of aromatic nitrogens is 2. The summed E-state index contributed by atoms with van der Waals surface area (Å²) in [6.07, 6.45) is 0.0144. The maximum Gasteiger partial charge on any atom is 0.435 e. The van der Waals surface area contributed by atoms with E-state index in [4.69, 9.17) is 4.74 Å². The summed E-state index contributed by atoms with van der Waals surface area (Å²) in [5.74, 6) is 0. The number of aldehydes is 1. The Bertz CT molecular complexity index is 656. The summed E-state index contributed by atoms with van der Waals surface area (Å²) in [6, 6.07) is 5.24. The van der Waals surface area contributed by atoms with Crippen molar-refractivity contribution in [3.63, 3.8) is 0 Å². The summed E-state index contributed by atoms with van der Waals surface area (Å²) in [5, 5.41) is 4.60. The van der Waals surface area contributed by atoms with Crippen LogP contribution in [0.3, 0.4) is 0 Å². The third kappa shape index (κ3) is 2.84. The lowest BCUT2D eigenvalue weighted by molar-refractivity contribution is 0.0522. The van der Waals surface area contributed by atoms with Gasteiger partial charge in [-0.2, -0.15) is 9.78 Å². The lowest BCUT2D eigenvalue weighted by Gasteiger charge is -2.19. The van der Waals surface area contributed by atoms with Gasteiger partial charge in [0.05, 0.1) is 5.52 Å². The Labute approximate surface area is 118 Å². The van der Waals surface area contributed by atoms with Gasteiger partial charge in [-0.25, -0.2) is 4.79 Å². The molecule has 0 N–H and O–H groups in total. The predicted molar refractivity (Wildman–Crippen MR) is 74.5 cm³/mol. The van der Waals surface area contributed by atoms with Crippen molar-refractivity contribution in [2.75, 3.05) is 0 Å². The molecule has 2 aromatic rings. The van der Waals surface area contributed by atoms with E-state index in [0.29, 0.717) is 17.2 Å². The highest BCUT2D eigenvalue weighted by molar-refractivity contribution is 9.10. The molecule has 100 valence electrons. The number of fused-ring (bicyclic) bond motifs is 1. The predicted octanol–water partition coefficient (Wildman–Crippen LogP) is 3.39. The van der Waals surface area contributed by atoms with Gasteiger partial charge >= 0.3 is 6.09 Å². The Morgan fingerprint density at radius 2 is 2.11 bits per heavy atom. The van der Waals surface area contributed by atoms with E-state index in [1.165, 1.54) is 0 Å². The molecule has 0 spiro atoms. The molecule has 2 rings (SSSR count). The van der Waals surface area contributed by atoms with Crippen LogP contribution in [0, 0.1) is 0 Å². The summed E-state index contributed by atoms with van der Waals surface area (Å²) in [6.45, 7) is 5.31. The minimum atomic E-state index is -0.622. The zero-order valence-electron chi connectivity index (χ0n) is 10.8. The second-order valence-electron chi connectivity index (χ2n) is 5.06. The van der Waals surface area contributed by atoms with Crippen LogP contribution >= 0.6 is 15.9 Å². The van der Waals surface area contributed by atoms with Crippen LogP contribution in [0.2, 0.25) is 0 Å². The minimum absolute atomic E-state index is 0.216. The highest BCUT2D eigenvalue weighted by Gasteiger charge is 2.22. The van der Waals surface area contributed by atoms with E-state index >= 15 is 0 Å². The van der Waals surface area contributed by atoms with Gasteiger partial charge in [0.15, 0.2) is 6.29 Å². The number of rotatable bonds is 1. The quantitative estimate of drug-likeness (QED) is 0.754. The average molecular weight is 325 g/mol. The van der Waals surface area contributed by atoms with Crippen LogP contribution in [0.15, 0.2) is 22.7 Å². The van der Waals surface area contributed by atoms with E-state index in [1.54, 1.807) is 39.0 Å². The first-order valence-electron chi connectivity index (χ1n) is 5.68. The molecule has 1 aromatic carbocycles. The molecule has 0 saturated carbocycles. The molecule has 0 aliphatic carbocycles. The van der Waals surface area contributed by atoms with Crippen LogP contribution in [0.5, 0.6) is 0 Å². The highest BCUT2D eigenvalue weighted by Crippen LogP contribution is 2.23. The van der Waals surface area contributed by atoms with Gasteiger partial charge in [0, 0.05) is 9.86 Å². The van der Waals surface area contributed by atoms with E-state index in [-0.39, 0.29) is 5.69 Å². The zero-order valence-corrected chi connectivity index (χ0v) is 12.4. The second kappa shape index (κ2) is 4.77. The van der Waals surface area contributed by atoms with E-state index in [9.17, 15) is 9.59 Å². The smallest absolute Gasteiger partial charge is 0.435 e. The first-order chi connectivity index (χ1) is 8.81. The first-order valence-corrected chi connectivity index (χ1v) is 6.48. The molecule has 0 amide bonds. The molecule has 19 heavy (non-hydrogen) atoms. The van der Waals surface area contributed by atoms with Crippen LogP contribution in [0.1, 0.15) is 31.3 Å². The summed E-state index contributed by atoms with van der Waals surface area (Å²) < 4.78 is 7.16. The van der Waals surface area contributed by atoms with Crippen molar-refractivity contribution in [1.29, 1.82) is 0 Å². The first kappa shape index (κ1) is 13.7. The molecule has 0 saturated heterocycles. The largest absolute Gasteiger partial charge is 0.442 e. The molecule has 0 radical (unpaired) electrons. The molecule has 0 fully saturated rings. The van der Waals surface area contributed by atoms with Crippen LogP contribution in [-0.2, 0) is 4.74 Å². The summed E-state index contributed by atoms with van der Waals surface area (Å²) >= 11 is 3.33. The van der Waals surface area contributed by atoms with Crippen molar-refractivity contribution in [2.45, 2.75) is 26.4 Å². The Morgan fingerprint density at radius 1 is 1.42 bits per heavy atom. The summed E-state index contributed by atoms with van der Waals surface area (Å²) in [5.41, 5.74) is 0.127. The monoisotopic (exact) mass is 324 g/mol. The van der Waals surface area contributed by atoms with Crippen molar-refractivity contribution < 1.29 is 14.3 Å². The van der Waals surface area contributed by atoms with Gasteiger partial charge in [0.25, 0.3) is 0 Å². The van der Waals surface area contributed by atoms with Gasteiger partial charge in [-0.3, -0.25) is 4.79 Å². The van der Waals surface area contributed by atoms with E-state index in [1.807, 2.05) is 0 Å². The number of ether oxygens (including phenoxy) is 1. The molecule has 0 atom stereocenters. The maximum absolute atomic E-state index is 12.1. The fourth-order valence-corrected chi connectivity index (χ4v) is 1.99. The number of benzene rings is 1. The zero-order chi connectivity index (χ0) is 14.2. The van der Waals surface area contributed by atoms with E-state index in [2.05, 4.69) is 21.0 Å². The average Bonchev–Trinajstić information content (AvgIpc) is 2.64. The molecule has 6 heteroatoms. The van der Waals surface area contributed by atoms with Crippen molar-refractivity contribution in [3.8, 4) is 0 Å². The van der Waals surface area contributed by atoms with Gasteiger partial charge in [0.2, 0.25) is 0 Å². The van der Waals surface area contributed by atoms with Crippen LogP contribution in [0.4, 0.5) is 4.79 Å². The van der Waals surface area contributed by atoms with Crippen molar-refractivity contribution in [1.82, 2.24) is 9.78 Å². The number of halogens is 1. The fraction of sp³-hybridized carbons (Fsp3) is 0.308. The number of nitrogens with zero attached hydrogens (tertiary/aromatic N) is 2. The molecule has 0 unspecified atom stereocenters. The van der Waals surface area contributed by atoms with Crippen molar-refractivity contribution in [3.05, 3.63) is 28.4 Å². The van der Waals surface area contributed by atoms with Gasteiger partial charge in [-0.1, -0.05) is 15.9 Å². The molecule has 0 aliphatic heterocycles. The molecule has 0 aliphatic rings. The fourth-order valence-electron chi connectivity index (χ4n) is 1.64. The van der Waals surface area contributed by atoms with Crippen molar-refractivity contribution >= 4 is 39.2 Å². The topological polar surface area (TPSA) is 61.2 Å². The standard InChI is InChI=1S/C13H13BrN2O3/c1-13(2,3)19-12(18)16-11-6-8(14)4-5-9(11)10(7-17)15-16/h4-7H,1-3H3. The lowest BCUT2D eigenvalue weighted by Crippen LogP contribution is -2.27. The SMILES string of the molecule is CC(C)(C)OC(=O)n1nc(C=O)c2ccc(Br)cc21. The molecular weight excluding hydrogens is 312 g/mol. The van der Waals surface area contributed by atoms with Gasteiger partial charge < -0.3 is 4.74 Å². The van der Waals surface area contributed by atoms with Gasteiger partial charge in [-0.05, 0) is 39.0 Å².